The lowest BCUT2D eigenvalue weighted by molar-refractivity contribution is 0.201. The first-order valence-electron chi connectivity index (χ1n) is 4.14. The van der Waals surface area contributed by atoms with Crippen molar-refractivity contribution in [3.8, 4) is 0 Å². The molecule has 2 atom stereocenters. The monoisotopic (exact) mass is 178 g/mol. The van der Waals surface area contributed by atoms with Gasteiger partial charge in [-0.1, -0.05) is 12.8 Å². The highest BCUT2D eigenvalue weighted by Gasteiger charge is 2.22. The zero-order valence-electron chi connectivity index (χ0n) is 7.42. The normalized spacial score (nSPS) is 31.6. The van der Waals surface area contributed by atoms with Gasteiger partial charge in [-0.05, 0) is 26.9 Å². The Labute approximate surface area is 75.5 Å². The maximum atomic E-state index is 5.94. The molecule has 1 aliphatic carbocycles. The topological polar surface area (TPSA) is 29.3 Å². The molecule has 0 spiro atoms. The molecule has 0 bridgehead atoms. The fraction of sp³-hybridized carbons (Fsp3) is 1.00. The summed E-state index contributed by atoms with van der Waals surface area (Å²) >= 11 is 0. The maximum absolute atomic E-state index is 5.94. The fourth-order valence-electron chi connectivity index (χ4n) is 1.78. The van der Waals surface area contributed by atoms with Gasteiger partial charge >= 0.3 is 0 Å². The molecule has 0 heterocycles. The van der Waals surface area contributed by atoms with Crippen LogP contribution in [-0.2, 0) is 0 Å². The Kier molecular flexibility index (Phi) is 5.06. The van der Waals surface area contributed by atoms with Crippen molar-refractivity contribution in [3.63, 3.8) is 0 Å². The summed E-state index contributed by atoms with van der Waals surface area (Å²) in [5, 5.41) is 0. The Bertz CT molecular complexity index is 106. The number of hydrogen-bond acceptors (Lipinski definition) is 2. The highest BCUT2D eigenvalue weighted by molar-refractivity contribution is 5.85. The second-order valence-electron chi connectivity index (χ2n) is 3.48. The molecule has 0 aromatic rings. The minimum atomic E-state index is 0. The Morgan fingerprint density at radius 3 is 2.09 bits per heavy atom. The molecule has 2 nitrogen and oxygen atoms in total. The molecule has 1 aliphatic rings. The van der Waals surface area contributed by atoms with E-state index in [4.69, 9.17) is 5.73 Å². The smallest absolute Gasteiger partial charge is 0.0241 e. The van der Waals surface area contributed by atoms with Crippen molar-refractivity contribution < 1.29 is 0 Å². The molecule has 1 rings (SSSR count). The summed E-state index contributed by atoms with van der Waals surface area (Å²) < 4.78 is 0. The molecule has 2 unspecified atom stereocenters. The molecule has 2 N–H and O–H groups in total. The molecule has 0 amide bonds. The van der Waals surface area contributed by atoms with Crippen molar-refractivity contribution >= 4 is 12.4 Å². The first kappa shape index (κ1) is 11.2. The van der Waals surface area contributed by atoms with Crippen LogP contribution in [0.25, 0.3) is 0 Å². The van der Waals surface area contributed by atoms with Gasteiger partial charge in [-0.2, -0.15) is 0 Å². The highest BCUT2D eigenvalue weighted by Crippen LogP contribution is 2.19. The van der Waals surface area contributed by atoms with Crippen LogP contribution in [0.15, 0.2) is 0 Å². The maximum Gasteiger partial charge on any atom is 0.0241 e. The van der Waals surface area contributed by atoms with Gasteiger partial charge in [-0.15, -0.1) is 12.4 Å². The molecule has 11 heavy (non-hydrogen) atoms. The Hall–Kier alpha value is 0.210. The number of likely N-dealkylation sites (N-methyl/N-ethyl adjacent to an activating group) is 1. The van der Waals surface area contributed by atoms with E-state index < -0.39 is 0 Å². The van der Waals surface area contributed by atoms with Gasteiger partial charge in [-0.25, -0.2) is 0 Å². The van der Waals surface area contributed by atoms with Gasteiger partial charge < -0.3 is 10.6 Å². The Morgan fingerprint density at radius 1 is 1.18 bits per heavy atom. The van der Waals surface area contributed by atoms with Gasteiger partial charge in [0, 0.05) is 12.1 Å². The minimum absolute atomic E-state index is 0. The van der Waals surface area contributed by atoms with Crippen LogP contribution in [0.1, 0.15) is 25.7 Å². The van der Waals surface area contributed by atoms with Crippen LogP contribution in [0.3, 0.4) is 0 Å². The van der Waals surface area contributed by atoms with Gasteiger partial charge in [-0.3, -0.25) is 0 Å². The summed E-state index contributed by atoms with van der Waals surface area (Å²) in [6.45, 7) is 0. The molecular formula is C8H19ClN2. The average Bonchev–Trinajstić information content (AvgIpc) is 1.88. The molecule has 0 radical (unpaired) electrons. The van der Waals surface area contributed by atoms with Crippen LogP contribution in [-0.4, -0.2) is 31.1 Å². The molecular weight excluding hydrogens is 160 g/mol. The van der Waals surface area contributed by atoms with Crippen molar-refractivity contribution in [2.24, 2.45) is 5.73 Å². The molecule has 1 fully saturated rings. The molecule has 0 aromatic heterocycles. The second-order valence-corrected chi connectivity index (χ2v) is 3.48. The lowest BCUT2D eigenvalue weighted by Gasteiger charge is -2.33. The number of nitrogens with two attached hydrogens (primary N) is 1. The number of hydrogen-bond donors (Lipinski definition) is 1. The van der Waals surface area contributed by atoms with Crippen LogP contribution in [0, 0.1) is 0 Å². The van der Waals surface area contributed by atoms with Crippen LogP contribution >= 0.6 is 12.4 Å². The number of rotatable bonds is 1. The van der Waals surface area contributed by atoms with E-state index in [1.807, 2.05) is 0 Å². The molecule has 0 saturated heterocycles. The zero-order chi connectivity index (χ0) is 7.56. The van der Waals surface area contributed by atoms with Gasteiger partial charge in [0.05, 0.1) is 0 Å². The predicted molar refractivity (Wildman–Crippen MR) is 51.2 cm³/mol. The van der Waals surface area contributed by atoms with E-state index in [-0.39, 0.29) is 12.4 Å². The van der Waals surface area contributed by atoms with Gasteiger partial charge in [0.25, 0.3) is 0 Å². The lowest BCUT2D eigenvalue weighted by atomic mass is 9.90. The molecule has 1 saturated carbocycles. The van der Waals surface area contributed by atoms with Crippen LogP contribution in [0.5, 0.6) is 0 Å². The SMILES string of the molecule is CN(C)C1CCCCC1N.Cl. The summed E-state index contributed by atoms with van der Waals surface area (Å²) in [6, 6.07) is 1.05. The van der Waals surface area contributed by atoms with Crippen molar-refractivity contribution in [2.45, 2.75) is 37.8 Å². The summed E-state index contributed by atoms with van der Waals surface area (Å²) in [7, 11) is 4.24. The third-order valence-corrected chi connectivity index (χ3v) is 2.44. The summed E-state index contributed by atoms with van der Waals surface area (Å²) in [4.78, 5) is 2.25. The molecule has 3 heteroatoms. The first-order valence-corrected chi connectivity index (χ1v) is 4.14. The van der Waals surface area contributed by atoms with E-state index in [9.17, 15) is 0 Å². The Morgan fingerprint density at radius 2 is 1.73 bits per heavy atom. The fourth-order valence-corrected chi connectivity index (χ4v) is 1.78. The predicted octanol–water partition coefficient (Wildman–Crippen LogP) is 1.24. The van der Waals surface area contributed by atoms with Crippen molar-refractivity contribution in [1.29, 1.82) is 0 Å². The number of halogens is 1. The summed E-state index contributed by atoms with van der Waals surface area (Å²) in [6.07, 6.45) is 5.18. The third kappa shape index (κ3) is 2.97. The molecule has 68 valence electrons. The van der Waals surface area contributed by atoms with Crippen molar-refractivity contribution in [1.82, 2.24) is 4.90 Å². The number of nitrogens with zero attached hydrogens (tertiary/aromatic N) is 1. The van der Waals surface area contributed by atoms with Gasteiger partial charge in [0.2, 0.25) is 0 Å². The van der Waals surface area contributed by atoms with E-state index in [2.05, 4.69) is 19.0 Å². The van der Waals surface area contributed by atoms with E-state index in [1.54, 1.807) is 0 Å². The minimum Gasteiger partial charge on any atom is -0.326 e. The quantitative estimate of drug-likeness (QED) is 0.655. The van der Waals surface area contributed by atoms with E-state index in [0.717, 1.165) is 0 Å². The first-order chi connectivity index (χ1) is 4.72. The summed E-state index contributed by atoms with van der Waals surface area (Å²) in [5.41, 5.74) is 5.94. The summed E-state index contributed by atoms with van der Waals surface area (Å²) in [5.74, 6) is 0. The largest absolute Gasteiger partial charge is 0.326 e. The standard InChI is InChI=1S/C8H18N2.ClH/c1-10(2)8-6-4-3-5-7(8)9;/h7-8H,3-6,9H2,1-2H3;1H. The van der Waals surface area contributed by atoms with Gasteiger partial charge in [0.1, 0.15) is 0 Å². The van der Waals surface area contributed by atoms with Crippen molar-refractivity contribution in [3.05, 3.63) is 0 Å². The van der Waals surface area contributed by atoms with E-state index in [0.29, 0.717) is 12.1 Å². The van der Waals surface area contributed by atoms with E-state index >= 15 is 0 Å². The molecule has 0 aromatic carbocycles. The zero-order valence-corrected chi connectivity index (χ0v) is 8.23. The van der Waals surface area contributed by atoms with Crippen molar-refractivity contribution in [2.75, 3.05) is 14.1 Å². The van der Waals surface area contributed by atoms with E-state index in [1.165, 1.54) is 25.7 Å². The van der Waals surface area contributed by atoms with Crippen LogP contribution in [0.2, 0.25) is 0 Å². The third-order valence-electron chi connectivity index (χ3n) is 2.44. The lowest BCUT2D eigenvalue weighted by Crippen LogP contribution is -2.46. The highest BCUT2D eigenvalue weighted by atomic mass is 35.5. The average molecular weight is 179 g/mol. The van der Waals surface area contributed by atoms with Crippen LogP contribution in [0.4, 0.5) is 0 Å². The molecule has 0 aliphatic heterocycles. The van der Waals surface area contributed by atoms with Crippen LogP contribution < -0.4 is 5.73 Å². The van der Waals surface area contributed by atoms with Gasteiger partial charge in [0.15, 0.2) is 0 Å². The Balaban J connectivity index is 0.000001000. The second kappa shape index (κ2) is 4.96.